The number of aromatic nitrogens is 3. The number of amides is 1. The lowest BCUT2D eigenvalue weighted by Gasteiger charge is -2.07. The second-order valence-corrected chi connectivity index (χ2v) is 8.40. The summed E-state index contributed by atoms with van der Waals surface area (Å²) in [4.78, 5) is 12.1. The van der Waals surface area contributed by atoms with Crippen molar-refractivity contribution in [2.24, 2.45) is 5.14 Å². The van der Waals surface area contributed by atoms with Crippen LogP contribution in [0.25, 0.3) is 11.4 Å². The minimum Gasteiger partial charge on any atom is -0.335 e. The maximum Gasteiger partial charge on any atom is 0.238 e. The first-order valence-electron chi connectivity index (χ1n) is 8.07. The number of primary sulfonamides is 1. The first-order valence-corrected chi connectivity index (χ1v) is 10.6. The molecule has 11 heteroatoms. The van der Waals surface area contributed by atoms with Gasteiger partial charge >= 0.3 is 0 Å². The summed E-state index contributed by atoms with van der Waals surface area (Å²) in [7, 11) is -3.77. The average molecular weight is 419 g/mol. The Bertz CT molecular complexity index is 1110. The lowest BCUT2D eigenvalue weighted by Crippen LogP contribution is -2.17. The Morgan fingerprint density at radius 2 is 1.82 bits per heavy atom. The molecule has 9 nitrogen and oxygen atoms in total. The summed E-state index contributed by atoms with van der Waals surface area (Å²) in [6.07, 6.45) is 0. The van der Waals surface area contributed by atoms with Crippen LogP contribution in [0.5, 0.6) is 0 Å². The van der Waals surface area contributed by atoms with Crippen LogP contribution >= 0.6 is 11.8 Å². The standard InChI is InChI=1S/C17H18N6O3S2/c1-11-4-2-3-5-14(11)16-21-22-17(23(16)18)27-10-15(24)20-12-6-8-13(9-7-12)28(19,25)26/h2-9H,10,18H2,1H3,(H,20,24)(H2,19,25,26). The predicted molar refractivity (Wildman–Crippen MR) is 108 cm³/mol. The molecule has 3 aromatic rings. The van der Waals surface area contributed by atoms with Crippen LogP contribution in [-0.4, -0.2) is 35.0 Å². The SMILES string of the molecule is Cc1ccccc1-c1nnc(SCC(=O)Nc2ccc(S(N)(=O)=O)cc2)n1N. The van der Waals surface area contributed by atoms with Gasteiger partial charge in [-0.1, -0.05) is 36.0 Å². The van der Waals surface area contributed by atoms with E-state index < -0.39 is 10.0 Å². The van der Waals surface area contributed by atoms with Crippen LogP contribution in [0.3, 0.4) is 0 Å². The van der Waals surface area contributed by atoms with E-state index in [4.69, 9.17) is 11.0 Å². The molecule has 0 saturated heterocycles. The number of sulfonamides is 1. The van der Waals surface area contributed by atoms with Crippen molar-refractivity contribution in [3.8, 4) is 11.4 Å². The Labute approximate surface area is 166 Å². The summed E-state index contributed by atoms with van der Waals surface area (Å²) in [6.45, 7) is 1.95. The second kappa shape index (κ2) is 8.00. The summed E-state index contributed by atoms with van der Waals surface area (Å²) < 4.78 is 23.8. The van der Waals surface area contributed by atoms with Gasteiger partial charge in [0.2, 0.25) is 21.1 Å². The number of carbonyl (C=O) groups excluding carboxylic acids is 1. The fourth-order valence-electron chi connectivity index (χ4n) is 2.44. The molecule has 5 N–H and O–H groups in total. The highest BCUT2D eigenvalue weighted by molar-refractivity contribution is 7.99. The maximum absolute atomic E-state index is 12.1. The molecule has 0 spiro atoms. The molecule has 1 amide bonds. The van der Waals surface area contributed by atoms with Crippen molar-refractivity contribution in [1.82, 2.24) is 14.9 Å². The number of nitrogens with two attached hydrogens (primary N) is 2. The van der Waals surface area contributed by atoms with E-state index in [0.717, 1.165) is 22.9 Å². The van der Waals surface area contributed by atoms with Crippen LogP contribution < -0.4 is 16.3 Å². The third-order valence-corrected chi connectivity index (χ3v) is 5.72. The summed E-state index contributed by atoms with van der Waals surface area (Å²) >= 11 is 1.14. The highest BCUT2D eigenvalue weighted by atomic mass is 32.2. The Balaban J connectivity index is 1.63. The minimum atomic E-state index is -3.77. The number of nitrogens with one attached hydrogen (secondary N) is 1. The quantitative estimate of drug-likeness (QED) is 0.404. The zero-order valence-electron chi connectivity index (χ0n) is 14.9. The number of benzene rings is 2. The lowest BCUT2D eigenvalue weighted by atomic mass is 10.1. The molecule has 2 aromatic carbocycles. The fraction of sp³-hybridized carbons (Fsp3) is 0.118. The van der Waals surface area contributed by atoms with E-state index in [1.54, 1.807) is 0 Å². The van der Waals surface area contributed by atoms with Gasteiger partial charge in [-0.3, -0.25) is 4.79 Å². The van der Waals surface area contributed by atoms with Gasteiger partial charge < -0.3 is 11.2 Å². The highest BCUT2D eigenvalue weighted by Crippen LogP contribution is 2.24. The predicted octanol–water partition coefficient (Wildman–Crippen LogP) is 1.35. The van der Waals surface area contributed by atoms with Gasteiger partial charge in [-0.2, -0.15) is 0 Å². The molecule has 0 aliphatic carbocycles. The van der Waals surface area contributed by atoms with Crippen LogP contribution in [0.15, 0.2) is 58.6 Å². The topological polar surface area (TPSA) is 146 Å². The van der Waals surface area contributed by atoms with Crippen molar-refractivity contribution >= 4 is 33.4 Å². The molecule has 0 aliphatic rings. The summed E-state index contributed by atoms with van der Waals surface area (Å²) in [5, 5.41) is 16.3. The number of aryl methyl sites for hydroxylation is 1. The highest BCUT2D eigenvalue weighted by Gasteiger charge is 2.15. The zero-order valence-corrected chi connectivity index (χ0v) is 16.5. The fourth-order valence-corrected chi connectivity index (χ4v) is 3.61. The van der Waals surface area contributed by atoms with E-state index in [0.29, 0.717) is 16.7 Å². The molecule has 0 saturated carbocycles. The van der Waals surface area contributed by atoms with Crippen LogP contribution in [0.1, 0.15) is 5.56 Å². The monoisotopic (exact) mass is 418 g/mol. The van der Waals surface area contributed by atoms with Crippen molar-refractivity contribution in [3.63, 3.8) is 0 Å². The van der Waals surface area contributed by atoms with E-state index in [9.17, 15) is 13.2 Å². The first-order chi connectivity index (χ1) is 13.3. The van der Waals surface area contributed by atoms with Gasteiger partial charge in [-0.25, -0.2) is 18.2 Å². The number of anilines is 1. The van der Waals surface area contributed by atoms with Gasteiger partial charge in [0.05, 0.1) is 10.6 Å². The van der Waals surface area contributed by atoms with Crippen molar-refractivity contribution in [2.45, 2.75) is 17.0 Å². The molecular weight excluding hydrogens is 400 g/mol. The molecule has 0 bridgehead atoms. The largest absolute Gasteiger partial charge is 0.335 e. The average Bonchev–Trinajstić information content (AvgIpc) is 3.00. The second-order valence-electron chi connectivity index (χ2n) is 5.90. The molecule has 0 fully saturated rings. The molecule has 0 aliphatic heterocycles. The van der Waals surface area contributed by atoms with Crippen LogP contribution in [0.4, 0.5) is 5.69 Å². The van der Waals surface area contributed by atoms with Gasteiger partial charge in [0.25, 0.3) is 0 Å². The molecule has 146 valence electrons. The van der Waals surface area contributed by atoms with E-state index in [1.165, 1.54) is 28.9 Å². The molecule has 1 heterocycles. The Morgan fingerprint density at radius 3 is 2.46 bits per heavy atom. The third kappa shape index (κ3) is 4.50. The molecule has 0 atom stereocenters. The first kappa shape index (κ1) is 19.9. The van der Waals surface area contributed by atoms with E-state index in [-0.39, 0.29) is 16.6 Å². The number of rotatable bonds is 6. The summed E-state index contributed by atoms with van der Waals surface area (Å²) in [5.41, 5.74) is 2.33. The van der Waals surface area contributed by atoms with Gasteiger partial charge in [0.15, 0.2) is 5.82 Å². The summed E-state index contributed by atoms with van der Waals surface area (Å²) in [6, 6.07) is 13.2. The van der Waals surface area contributed by atoms with Crippen molar-refractivity contribution in [1.29, 1.82) is 0 Å². The van der Waals surface area contributed by atoms with Gasteiger partial charge in [-0.15, -0.1) is 10.2 Å². The van der Waals surface area contributed by atoms with E-state index in [2.05, 4.69) is 15.5 Å². The molecule has 0 radical (unpaired) electrons. The van der Waals surface area contributed by atoms with Crippen LogP contribution in [0, 0.1) is 6.92 Å². The van der Waals surface area contributed by atoms with Gasteiger partial charge in [-0.05, 0) is 36.8 Å². The molecular formula is C17H18N6O3S2. The summed E-state index contributed by atoms with van der Waals surface area (Å²) in [5.74, 6) is 6.34. The normalized spacial score (nSPS) is 11.4. The molecule has 1 aromatic heterocycles. The number of thioether (sulfide) groups is 1. The number of hydrogen-bond acceptors (Lipinski definition) is 7. The zero-order chi connectivity index (χ0) is 20.3. The molecule has 3 rings (SSSR count). The van der Waals surface area contributed by atoms with E-state index >= 15 is 0 Å². The van der Waals surface area contributed by atoms with Gasteiger partial charge in [0.1, 0.15) is 0 Å². The minimum absolute atomic E-state index is 0.0279. The van der Waals surface area contributed by atoms with Crippen molar-refractivity contribution in [3.05, 3.63) is 54.1 Å². The number of nitrogens with zero attached hydrogens (tertiary/aromatic N) is 3. The Morgan fingerprint density at radius 1 is 1.14 bits per heavy atom. The lowest BCUT2D eigenvalue weighted by molar-refractivity contribution is -0.113. The Hall–Kier alpha value is -2.89. The van der Waals surface area contributed by atoms with E-state index in [1.807, 2.05) is 31.2 Å². The van der Waals surface area contributed by atoms with Crippen molar-refractivity contribution in [2.75, 3.05) is 16.9 Å². The smallest absolute Gasteiger partial charge is 0.238 e. The maximum atomic E-state index is 12.1. The van der Waals surface area contributed by atoms with Gasteiger partial charge in [0, 0.05) is 11.3 Å². The Kier molecular flexibility index (Phi) is 5.68. The number of carbonyl (C=O) groups is 1. The van der Waals surface area contributed by atoms with Crippen LogP contribution in [-0.2, 0) is 14.8 Å². The van der Waals surface area contributed by atoms with Crippen molar-refractivity contribution < 1.29 is 13.2 Å². The molecule has 28 heavy (non-hydrogen) atoms. The van der Waals surface area contributed by atoms with Crippen LogP contribution in [0.2, 0.25) is 0 Å². The number of hydrogen-bond donors (Lipinski definition) is 3. The third-order valence-electron chi connectivity index (χ3n) is 3.85. The number of nitrogen functional groups attached to an aromatic ring is 1. The molecule has 0 unspecified atom stereocenters.